The molecule has 1 saturated carbocycles. The Morgan fingerprint density at radius 1 is 1.62 bits per heavy atom. The van der Waals surface area contributed by atoms with Crippen molar-refractivity contribution in [2.45, 2.75) is 18.9 Å². The first kappa shape index (κ1) is 8.45. The number of nitrogens with zero attached hydrogens (tertiary/aromatic N) is 3. The average molecular weight is 203 g/mol. The van der Waals surface area contributed by atoms with Gasteiger partial charge in [0.2, 0.25) is 5.95 Å². The highest BCUT2D eigenvalue weighted by molar-refractivity contribution is 7.87. The van der Waals surface area contributed by atoms with E-state index in [9.17, 15) is 8.42 Å². The van der Waals surface area contributed by atoms with Crippen molar-refractivity contribution in [3.63, 3.8) is 0 Å². The number of hydrogen-bond donors (Lipinski definition) is 2. The molecular formula is C5H9N5O2S. The van der Waals surface area contributed by atoms with Gasteiger partial charge in [-0.3, -0.25) is 0 Å². The number of rotatable bonds is 3. The molecule has 1 heterocycles. The smallest absolute Gasteiger partial charge is 0.322 e. The van der Waals surface area contributed by atoms with Crippen molar-refractivity contribution in [1.29, 1.82) is 0 Å². The van der Waals surface area contributed by atoms with E-state index in [1.165, 1.54) is 0 Å². The Morgan fingerprint density at radius 2 is 2.31 bits per heavy atom. The second-order valence-electron chi connectivity index (χ2n) is 2.87. The van der Waals surface area contributed by atoms with E-state index in [-0.39, 0.29) is 12.0 Å². The number of hydrogen-bond acceptors (Lipinski definition) is 5. The molecule has 0 radical (unpaired) electrons. The van der Waals surface area contributed by atoms with E-state index in [1.807, 2.05) is 0 Å². The van der Waals surface area contributed by atoms with Gasteiger partial charge in [-0.25, -0.2) is 0 Å². The van der Waals surface area contributed by atoms with Gasteiger partial charge in [-0.05, 0) is 12.8 Å². The van der Waals surface area contributed by atoms with Crippen LogP contribution in [0.5, 0.6) is 0 Å². The van der Waals surface area contributed by atoms with Gasteiger partial charge in [-0.15, -0.1) is 9.19 Å². The van der Waals surface area contributed by atoms with Gasteiger partial charge in [0.25, 0.3) is 0 Å². The minimum absolute atomic E-state index is 0.0513. The lowest BCUT2D eigenvalue weighted by Gasteiger charge is -2.02. The Bertz CT molecular complexity index is 406. The number of nitrogen functional groups attached to an aromatic ring is 1. The standard InChI is InChI=1S/C5H9N5O2S/c6-5-7-3-10(8-5)13(11,12)9-4-1-2-4/h3-4,9H,1-2H2,(H2,6,8). The van der Waals surface area contributed by atoms with Crippen LogP contribution in [0.25, 0.3) is 0 Å². The normalized spacial score (nSPS) is 17.5. The maximum atomic E-state index is 11.4. The van der Waals surface area contributed by atoms with Crippen molar-refractivity contribution < 1.29 is 8.42 Å². The largest absolute Gasteiger partial charge is 0.366 e. The van der Waals surface area contributed by atoms with Crippen LogP contribution in [0.1, 0.15) is 12.8 Å². The third-order valence-corrected chi connectivity index (χ3v) is 2.93. The Labute approximate surface area is 75.1 Å². The molecule has 0 unspecified atom stereocenters. The van der Waals surface area contributed by atoms with Crippen LogP contribution < -0.4 is 10.5 Å². The SMILES string of the molecule is Nc1ncn(S(=O)(=O)NC2CC2)n1. The number of aromatic nitrogens is 3. The topological polar surface area (TPSA) is 103 Å². The van der Waals surface area contributed by atoms with Gasteiger partial charge in [0, 0.05) is 6.04 Å². The molecule has 1 aliphatic rings. The van der Waals surface area contributed by atoms with Crippen molar-refractivity contribution >= 4 is 16.2 Å². The molecule has 3 N–H and O–H groups in total. The van der Waals surface area contributed by atoms with Gasteiger partial charge >= 0.3 is 10.2 Å². The van der Waals surface area contributed by atoms with Crippen molar-refractivity contribution in [2.24, 2.45) is 0 Å². The van der Waals surface area contributed by atoms with E-state index in [0.717, 1.165) is 23.3 Å². The van der Waals surface area contributed by atoms with Crippen LogP contribution in [0.4, 0.5) is 5.95 Å². The summed E-state index contributed by atoms with van der Waals surface area (Å²) in [6.07, 6.45) is 2.83. The van der Waals surface area contributed by atoms with Gasteiger partial charge < -0.3 is 5.73 Å². The molecule has 0 saturated heterocycles. The van der Waals surface area contributed by atoms with Crippen LogP contribution in [0, 0.1) is 0 Å². The second kappa shape index (κ2) is 2.67. The average Bonchev–Trinajstić information content (AvgIpc) is 2.70. The minimum atomic E-state index is -3.56. The van der Waals surface area contributed by atoms with Gasteiger partial charge in [-0.2, -0.15) is 18.1 Å². The molecule has 0 spiro atoms. The van der Waals surface area contributed by atoms with Crippen molar-refractivity contribution in [3.8, 4) is 0 Å². The zero-order valence-corrected chi connectivity index (χ0v) is 7.53. The van der Waals surface area contributed by atoms with Crippen LogP contribution in [0.2, 0.25) is 0 Å². The molecule has 0 aliphatic heterocycles. The second-order valence-corrected chi connectivity index (χ2v) is 4.43. The fourth-order valence-electron chi connectivity index (χ4n) is 0.843. The molecule has 2 rings (SSSR count). The number of nitrogens with two attached hydrogens (primary N) is 1. The van der Waals surface area contributed by atoms with Crippen LogP contribution in [0.15, 0.2) is 6.33 Å². The predicted octanol–water partition coefficient (Wildman–Crippen LogP) is -1.29. The highest BCUT2D eigenvalue weighted by Gasteiger charge is 2.28. The molecule has 0 amide bonds. The summed E-state index contributed by atoms with van der Waals surface area (Å²) in [4.78, 5) is 3.52. The predicted molar refractivity (Wildman–Crippen MR) is 44.9 cm³/mol. The minimum Gasteiger partial charge on any atom is -0.366 e. The maximum Gasteiger partial charge on any atom is 0.322 e. The van der Waals surface area contributed by atoms with E-state index >= 15 is 0 Å². The summed E-state index contributed by atoms with van der Waals surface area (Å²) in [5, 5.41) is 3.50. The molecule has 1 aromatic rings. The number of nitrogens with one attached hydrogen (secondary N) is 1. The third-order valence-electron chi connectivity index (χ3n) is 1.63. The lowest BCUT2D eigenvalue weighted by molar-refractivity contribution is 0.564. The van der Waals surface area contributed by atoms with Crippen molar-refractivity contribution in [2.75, 3.05) is 5.73 Å². The fraction of sp³-hybridized carbons (Fsp3) is 0.600. The molecule has 0 atom stereocenters. The van der Waals surface area contributed by atoms with Crippen LogP contribution >= 0.6 is 0 Å². The molecule has 0 bridgehead atoms. The first-order chi connectivity index (χ1) is 6.08. The maximum absolute atomic E-state index is 11.4. The zero-order valence-electron chi connectivity index (χ0n) is 6.71. The molecule has 1 fully saturated rings. The van der Waals surface area contributed by atoms with Crippen LogP contribution in [-0.2, 0) is 10.2 Å². The van der Waals surface area contributed by atoms with E-state index in [2.05, 4.69) is 14.8 Å². The highest BCUT2D eigenvalue weighted by Crippen LogP contribution is 2.19. The first-order valence-electron chi connectivity index (χ1n) is 3.78. The third kappa shape index (κ3) is 1.78. The Kier molecular flexibility index (Phi) is 1.74. The Morgan fingerprint density at radius 3 is 2.77 bits per heavy atom. The molecule has 1 aromatic heterocycles. The van der Waals surface area contributed by atoms with Crippen molar-refractivity contribution in [1.82, 2.24) is 18.9 Å². The molecule has 1 aliphatic carbocycles. The van der Waals surface area contributed by atoms with Gasteiger partial charge in [0.05, 0.1) is 0 Å². The molecule has 13 heavy (non-hydrogen) atoms. The van der Waals surface area contributed by atoms with Gasteiger partial charge in [0.15, 0.2) is 0 Å². The summed E-state index contributed by atoms with van der Waals surface area (Å²) in [5.41, 5.74) is 5.19. The molecule has 8 heteroatoms. The lowest BCUT2D eigenvalue weighted by Crippen LogP contribution is -2.31. The molecule has 72 valence electrons. The van der Waals surface area contributed by atoms with E-state index < -0.39 is 10.2 Å². The summed E-state index contributed by atoms with van der Waals surface area (Å²) in [6, 6.07) is 0.0513. The van der Waals surface area contributed by atoms with Crippen molar-refractivity contribution in [3.05, 3.63) is 6.33 Å². The number of anilines is 1. The van der Waals surface area contributed by atoms with E-state index in [1.54, 1.807) is 0 Å². The van der Waals surface area contributed by atoms with E-state index in [0.29, 0.717) is 0 Å². The Balaban J connectivity index is 2.22. The van der Waals surface area contributed by atoms with Crippen LogP contribution in [-0.4, -0.2) is 28.6 Å². The fourth-order valence-corrected chi connectivity index (χ4v) is 1.97. The summed E-state index contributed by atoms with van der Waals surface area (Å²) in [6.45, 7) is 0. The molecular weight excluding hydrogens is 194 g/mol. The summed E-state index contributed by atoms with van der Waals surface area (Å²) in [5.74, 6) is -0.0545. The zero-order chi connectivity index (χ0) is 9.47. The Hall–Kier alpha value is -1.15. The molecule has 7 nitrogen and oxygen atoms in total. The summed E-state index contributed by atoms with van der Waals surface area (Å²) < 4.78 is 26.0. The highest BCUT2D eigenvalue weighted by atomic mass is 32.2. The quantitative estimate of drug-likeness (QED) is 0.636. The monoisotopic (exact) mass is 203 g/mol. The first-order valence-corrected chi connectivity index (χ1v) is 5.22. The van der Waals surface area contributed by atoms with Crippen LogP contribution in [0.3, 0.4) is 0 Å². The lowest BCUT2D eigenvalue weighted by atomic mass is 10.8. The molecule has 0 aromatic carbocycles. The summed E-state index contributed by atoms with van der Waals surface area (Å²) in [7, 11) is -3.56. The van der Waals surface area contributed by atoms with E-state index in [4.69, 9.17) is 5.73 Å². The van der Waals surface area contributed by atoms with Gasteiger partial charge in [0.1, 0.15) is 6.33 Å². The summed E-state index contributed by atoms with van der Waals surface area (Å²) >= 11 is 0. The van der Waals surface area contributed by atoms with Gasteiger partial charge in [-0.1, -0.05) is 0 Å².